The number of pyridine rings is 1. The zero-order chi connectivity index (χ0) is 24.6. The molecule has 178 valence electrons. The summed E-state index contributed by atoms with van der Waals surface area (Å²) in [5, 5.41) is 7.46. The normalized spacial score (nSPS) is 11.6. The Bertz CT molecular complexity index is 1630. The third-order valence-corrected chi connectivity index (χ3v) is 6.69. The first kappa shape index (κ1) is 22.3. The number of nitrogen functional groups attached to an aromatic ring is 1. The monoisotopic (exact) mass is 491 g/mol. The second kappa shape index (κ2) is 8.72. The fourth-order valence-corrected chi connectivity index (χ4v) is 4.64. The van der Waals surface area contributed by atoms with Crippen LogP contribution in [0.2, 0.25) is 0 Å². The molecule has 0 unspecified atom stereocenters. The van der Waals surface area contributed by atoms with E-state index < -0.39 is 10.0 Å². The first-order valence-corrected chi connectivity index (χ1v) is 12.1. The van der Waals surface area contributed by atoms with Crippen LogP contribution in [0.5, 0.6) is 11.6 Å². The van der Waals surface area contributed by atoms with Gasteiger partial charge in [0.2, 0.25) is 5.88 Å². The molecule has 0 bridgehead atoms. The highest BCUT2D eigenvalue weighted by Gasteiger charge is 2.19. The summed E-state index contributed by atoms with van der Waals surface area (Å²) in [5.41, 5.74) is 8.90. The molecule has 3 N–H and O–H groups in total. The minimum Gasteiger partial charge on any atom is -0.439 e. The van der Waals surface area contributed by atoms with Crippen LogP contribution in [0, 0.1) is 6.92 Å². The summed E-state index contributed by atoms with van der Waals surface area (Å²) in [6.07, 6.45) is 1.58. The van der Waals surface area contributed by atoms with Gasteiger partial charge in [-0.25, -0.2) is 23.0 Å². The summed E-state index contributed by atoms with van der Waals surface area (Å²) in [5.74, 6) is 1.37. The van der Waals surface area contributed by atoms with Crippen LogP contribution < -0.4 is 15.2 Å². The van der Waals surface area contributed by atoms with Crippen LogP contribution in [-0.2, 0) is 16.6 Å². The first-order chi connectivity index (χ1) is 16.8. The van der Waals surface area contributed by atoms with Gasteiger partial charge >= 0.3 is 0 Å². The lowest BCUT2D eigenvalue weighted by Crippen LogP contribution is -2.12. The van der Waals surface area contributed by atoms with Gasteiger partial charge in [-0.1, -0.05) is 23.8 Å². The highest BCUT2D eigenvalue weighted by Crippen LogP contribution is 2.30. The number of anilines is 2. The van der Waals surface area contributed by atoms with Crippen molar-refractivity contribution >= 4 is 32.6 Å². The number of nitrogens with one attached hydrogen (secondary N) is 1. The number of hydrogen-bond acceptors (Lipinski definition) is 9. The van der Waals surface area contributed by atoms with Gasteiger partial charge in [-0.2, -0.15) is 0 Å². The molecule has 0 aliphatic rings. The zero-order valence-electron chi connectivity index (χ0n) is 18.8. The lowest BCUT2D eigenvalue weighted by Gasteiger charge is -2.10. The molecule has 0 spiro atoms. The van der Waals surface area contributed by atoms with Gasteiger partial charge in [0.1, 0.15) is 11.3 Å². The summed E-state index contributed by atoms with van der Waals surface area (Å²) in [4.78, 5) is 9.05. The van der Waals surface area contributed by atoms with Gasteiger partial charge in [-0.3, -0.25) is 4.72 Å². The molecule has 0 radical (unpaired) electrons. The average Bonchev–Trinajstić information content (AvgIpc) is 3.41. The van der Waals surface area contributed by atoms with Gasteiger partial charge in [0.15, 0.2) is 17.3 Å². The summed E-state index contributed by atoms with van der Waals surface area (Å²) < 4.78 is 40.6. The molecule has 0 amide bonds. The highest BCUT2D eigenvalue weighted by molar-refractivity contribution is 7.92. The number of fused-ring (bicyclic) bond motifs is 1. The van der Waals surface area contributed by atoms with Crippen molar-refractivity contribution in [3.63, 3.8) is 0 Å². The number of benzene rings is 2. The van der Waals surface area contributed by atoms with Crippen molar-refractivity contribution in [1.29, 1.82) is 0 Å². The number of imidazole rings is 1. The number of rotatable bonds is 7. The van der Waals surface area contributed by atoms with Crippen LogP contribution in [0.15, 0.2) is 70.3 Å². The van der Waals surface area contributed by atoms with E-state index in [1.165, 1.54) is 0 Å². The lowest BCUT2D eigenvalue weighted by atomic mass is 10.2. The summed E-state index contributed by atoms with van der Waals surface area (Å²) >= 11 is 0. The standard InChI is InChI=1S/C23H21N7O4S/c1-3-30-19-12-20(25-13-18(19)26-23(30)21-22(24)28-34-27-21)33-16-6-4-5-15(11-16)29-35(31,32)17-9-7-14(2)8-10-17/h4-13,29H,3H2,1-2H3,(H2,24,28). The molecule has 35 heavy (non-hydrogen) atoms. The number of nitrogens with two attached hydrogens (primary N) is 1. The fourth-order valence-electron chi connectivity index (χ4n) is 3.59. The molecule has 5 aromatic rings. The van der Waals surface area contributed by atoms with Crippen LogP contribution in [0.3, 0.4) is 0 Å². The molecule has 12 heteroatoms. The highest BCUT2D eigenvalue weighted by atomic mass is 32.2. The summed E-state index contributed by atoms with van der Waals surface area (Å²) in [7, 11) is -3.74. The van der Waals surface area contributed by atoms with E-state index in [2.05, 4.69) is 25.0 Å². The minimum absolute atomic E-state index is 0.143. The van der Waals surface area contributed by atoms with E-state index in [0.717, 1.165) is 11.1 Å². The van der Waals surface area contributed by atoms with E-state index in [4.69, 9.17) is 15.1 Å². The van der Waals surface area contributed by atoms with Crippen molar-refractivity contribution in [3.05, 3.63) is 66.4 Å². The molecular formula is C23H21N7O4S. The number of sulfonamides is 1. The molecule has 0 saturated carbocycles. The molecule has 11 nitrogen and oxygen atoms in total. The van der Waals surface area contributed by atoms with Crippen molar-refractivity contribution in [2.24, 2.45) is 0 Å². The van der Waals surface area contributed by atoms with Crippen molar-refractivity contribution < 1.29 is 17.8 Å². The molecule has 3 heterocycles. The molecular weight excluding hydrogens is 470 g/mol. The number of hydrogen-bond donors (Lipinski definition) is 2. The molecule has 0 atom stereocenters. The number of aryl methyl sites for hydroxylation is 2. The van der Waals surface area contributed by atoms with Crippen molar-refractivity contribution in [3.8, 4) is 23.1 Å². The summed E-state index contributed by atoms with van der Waals surface area (Å²) in [6.45, 7) is 4.43. The smallest absolute Gasteiger partial charge is 0.261 e. The van der Waals surface area contributed by atoms with Crippen LogP contribution in [0.25, 0.3) is 22.6 Å². The van der Waals surface area contributed by atoms with E-state index in [-0.39, 0.29) is 10.7 Å². The topological polar surface area (TPSA) is 151 Å². The van der Waals surface area contributed by atoms with Crippen LogP contribution in [0.4, 0.5) is 11.5 Å². The Hall–Kier alpha value is -4.45. The van der Waals surface area contributed by atoms with Crippen LogP contribution >= 0.6 is 0 Å². The Morgan fingerprint density at radius 2 is 1.91 bits per heavy atom. The molecule has 0 saturated heterocycles. The lowest BCUT2D eigenvalue weighted by molar-refractivity contribution is 0.310. The summed E-state index contributed by atoms with van der Waals surface area (Å²) in [6, 6.07) is 15.0. The Morgan fingerprint density at radius 1 is 1.11 bits per heavy atom. The second-order valence-corrected chi connectivity index (χ2v) is 9.42. The predicted octanol–water partition coefficient (Wildman–Crippen LogP) is 3.98. The van der Waals surface area contributed by atoms with Crippen LogP contribution in [-0.4, -0.2) is 33.3 Å². The minimum atomic E-state index is -3.74. The number of aromatic nitrogens is 5. The Balaban J connectivity index is 1.42. The Morgan fingerprint density at radius 3 is 2.63 bits per heavy atom. The van der Waals surface area contributed by atoms with Gasteiger partial charge < -0.3 is 15.0 Å². The maximum Gasteiger partial charge on any atom is 0.261 e. The van der Waals surface area contributed by atoms with Gasteiger partial charge in [-0.05, 0) is 48.4 Å². The molecule has 3 aromatic heterocycles. The maximum atomic E-state index is 12.7. The van der Waals surface area contributed by atoms with Crippen molar-refractivity contribution in [2.75, 3.05) is 10.5 Å². The van der Waals surface area contributed by atoms with Gasteiger partial charge in [0, 0.05) is 18.7 Å². The second-order valence-electron chi connectivity index (χ2n) is 7.74. The van der Waals surface area contributed by atoms with Crippen LogP contribution in [0.1, 0.15) is 12.5 Å². The predicted molar refractivity (Wildman–Crippen MR) is 129 cm³/mol. The van der Waals surface area contributed by atoms with E-state index in [9.17, 15) is 8.42 Å². The zero-order valence-corrected chi connectivity index (χ0v) is 19.7. The van der Waals surface area contributed by atoms with E-state index in [1.807, 2.05) is 18.4 Å². The third-order valence-electron chi connectivity index (χ3n) is 5.29. The molecule has 0 aliphatic carbocycles. The third kappa shape index (κ3) is 4.38. The molecule has 2 aromatic carbocycles. The Kier molecular flexibility index (Phi) is 5.57. The van der Waals surface area contributed by atoms with Gasteiger partial charge in [0.05, 0.1) is 22.3 Å². The van der Waals surface area contributed by atoms with Crippen molar-refractivity contribution in [2.45, 2.75) is 25.3 Å². The largest absolute Gasteiger partial charge is 0.439 e. The average molecular weight is 492 g/mol. The van der Waals surface area contributed by atoms with Crippen molar-refractivity contribution in [1.82, 2.24) is 24.8 Å². The Labute approximate surface area is 200 Å². The SMILES string of the molecule is CCn1c(-c2nonc2N)nc2cnc(Oc3cccc(NS(=O)(=O)c4ccc(C)cc4)c3)cc21. The van der Waals surface area contributed by atoms with Gasteiger partial charge in [-0.15, -0.1) is 0 Å². The van der Waals surface area contributed by atoms with Gasteiger partial charge in [0.25, 0.3) is 10.0 Å². The van der Waals surface area contributed by atoms with E-state index >= 15 is 0 Å². The van der Waals surface area contributed by atoms with E-state index in [0.29, 0.717) is 40.9 Å². The molecule has 0 fully saturated rings. The number of nitrogens with zero attached hydrogens (tertiary/aromatic N) is 5. The first-order valence-electron chi connectivity index (χ1n) is 10.7. The number of ether oxygens (including phenoxy) is 1. The quantitative estimate of drug-likeness (QED) is 0.344. The van der Waals surface area contributed by atoms with E-state index in [1.54, 1.807) is 60.8 Å². The maximum absolute atomic E-state index is 12.7. The molecule has 5 rings (SSSR count). The molecule has 0 aliphatic heterocycles. The fraction of sp³-hybridized carbons (Fsp3) is 0.130.